The van der Waals surface area contributed by atoms with E-state index in [1.165, 1.54) is 28.9 Å². The topological polar surface area (TPSA) is 70.2 Å². The van der Waals surface area contributed by atoms with Crippen molar-refractivity contribution in [3.05, 3.63) is 63.5 Å². The number of esters is 1. The minimum absolute atomic E-state index is 0.0253. The number of nitrogens with zero attached hydrogens (tertiary/aromatic N) is 3. The highest BCUT2D eigenvalue weighted by molar-refractivity contribution is 6.33. The summed E-state index contributed by atoms with van der Waals surface area (Å²) in [5.74, 6) is -0.381. The first-order valence-corrected chi connectivity index (χ1v) is 7.86. The van der Waals surface area contributed by atoms with Crippen LogP contribution in [0.25, 0.3) is 5.69 Å². The molecule has 0 aliphatic rings. The predicted octanol–water partition coefficient (Wildman–Crippen LogP) is 3.94. The molecule has 3 aromatic rings. The van der Waals surface area contributed by atoms with Crippen molar-refractivity contribution in [3.8, 4) is 5.69 Å². The summed E-state index contributed by atoms with van der Waals surface area (Å²) < 4.78 is 24.8. The number of hydrogen-bond donors (Lipinski definition) is 0. The number of aryl methyl sites for hydroxylation is 3. The molecule has 0 atom stereocenters. The van der Waals surface area contributed by atoms with Gasteiger partial charge in [0, 0.05) is 0 Å². The zero-order valence-corrected chi connectivity index (χ0v) is 14.6. The maximum atomic E-state index is 13.1. The van der Waals surface area contributed by atoms with E-state index in [0.29, 0.717) is 28.4 Å². The van der Waals surface area contributed by atoms with Crippen LogP contribution in [-0.2, 0) is 11.3 Å². The molecule has 2 aromatic heterocycles. The second-order valence-electron chi connectivity index (χ2n) is 5.52. The van der Waals surface area contributed by atoms with Crippen LogP contribution < -0.4 is 0 Å². The molecular weight excluding hydrogens is 349 g/mol. The summed E-state index contributed by atoms with van der Waals surface area (Å²) in [6.07, 6.45) is 0. The highest BCUT2D eigenvalue weighted by Crippen LogP contribution is 2.25. The molecule has 0 N–H and O–H groups in total. The Morgan fingerprint density at radius 2 is 1.92 bits per heavy atom. The van der Waals surface area contributed by atoms with Crippen LogP contribution in [0, 0.1) is 26.6 Å². The summed E-state index contributed by atoms with van der Waals surface area (Å²) in [5.41, 5.74) is 2.50. The van der Waals surface area contributed by atoms with Gasteiger partial charge in [-0.25, -0.2) is 13.9 Å². The van der Waals surface area contributed by atoms with Gasteiger partial charge in [0.25, 0.3) is 0 Å². The molecule has 2 heterocycles. The van der Waals surface area contributed by atoms with Crippen molar-refractivity contribution < 1.29 is 18.4 Å². The Bertz CT molecular complexity index is 912. The van der Waals surface area contributed by atoms with Gasteiger partial charge in [-0.15, -0.1) is 0 Å². The first-order valence-electron chi connectivity index (χ1n) is 7.48. The average molecular weight is 364 g/mol. The Labute approximate surface area is 148 Å². The van der Waals surface area contributed by atoms with Gasteiger partial charge in [0.2, 0.25) is 0 Å². The first kappa shape index (κ1) is 17.2. The number of carbonyl (C=O) groups excluding carboxylic acids is 1. The van der Waals surface area contributed by atoms with Crippen molar-refractivity contribution in [2.24, 2.45) is 0 Å². The maximum absolute atomic E-state index is 13.1. The molecule has 0 aliphatic heterocycles. The van der Waals surface area contributed by atoms with Crippen LogP contribution in [0.1, 0.15) is 33.1 Å². The Balaban J connectivity index is 1.85. The summed E-state index contributed by atoms with van der Waals surface area (Å²) in [4.78, 5) is 12.4. The first-order chi connectivity index (χ1) is 11.9. The smallest absolute Gasteiger partial charge is 0.343 e. The number of aromatic nitrogens is 3. The van der Waals surface area contributed by atoms with Crippen molar-refractivity contribution >= 4 is 17.6 Å². The lowest BCUT2D eigenvalue weighted by Crippen LogP contribution is -2.07. The van der Waals surface area contributed by atoms with Gasteiger partial charge in [-0.05, 0) is 45.0 Å². The van der Waals surface area contributed by atoms with Crippen LogP contribution in [0.3, 0.4) is 0 Å². The van der Waals surface area contributed by atoms with E-state index < -0.39 is 5.97 Å². The minimum Gasteiger partial charge on any atom is -0.457 e. The molecule has 0 saturated heterocycles. The lowest BCUT2D eigenvalue weighted by molar-refractivity contribution is 0.0470. The molecule has 0 radical (unpaired) electrons. The van der Waals surface area contributed by atoms with Gasteiger partial charge >= 0.3 is 5.97 Å². The van der Waals surface area contributed by atoms with Crippen molar-refractivity contribution in [3.63, 3.8) is 0 Å². The zero-order valence-electron chi connectivity index (χ0n) is 13.8. The van der Waals surface area contributed by atoms with Crippen LogP contribution in [0.5, 0.6) is 0 Å². The van der Waals surface area contributed by atoms with E-state index in [1.807, 2.05) is 0 Å². The molecular formula is C17H15ClFN3O3. The summed E-state index contributed by atoms with van der Waals surface area (Å²) in [6, 6.07) is 5.62. The van der Waals surface area contributed by atoms with Gasteiger partial charge in [-0.3, -0.25) is 0 Å². The summed E-state index contributed by atoms with van der Waals surface area (Å²) in [6.45, 7) is 5.19. The molecule has 0 fully saturated rings. The van der Waals surface area contributed by atoms with Crippen molar-refractivity contribution in [2.75, 3.05) is 0 Å². The molecule has 1 aromatic carbocycles. The summed E-state index contributed by atoms with van der Waals surface area (Å²) in [7, 11) is 0. The molecule has 25 heavy (non-hydrogen) atoms. The molecule has 130 valence electrons. The van der Waals surface area contributed by atoms with Crippen LogP contribution in [0.15, 0.2) is 28.8 Å². The van der Waals surface area contributed by atoms with Crippen LogP contribution in [0.4, 0.5) is 4.39 Å². The zero-order chi connectivity index (χ0) is 18.1. The average Bonchev–Trinajstić information content (AvgIpc) is 3.05. The maximum Gasteiger partial charge on any atom is 0.343 e. The second kappa shape index (κ2) is 6.68. The fourth-order valence-electron chi connectivity index (χ4n) is 2.40. The number of halogens is 2. The van der Waals surface area contributed by atoms with Gasteiger partial charge in [0.05, 0.1) is 22.6 Å². The van der Waals surface area contributed by atoms with Crippen molar-refractivity contribution in [2.45, 2.75) is 27.4 Å². The molecule has 3 rings (SSSR count). The van der Waals surface area contributed by atoms with Gasteiger partial charge in [0.15, 0.2) is 0 Å². The lowest BCUT2D eigenvalue weighted by Gasteiger charge is -2.05. The van der Waals surface area contributed by atoms with Crippen molar-refractivity contribution in [1.82, 2.24) is 14.9 Å². The monoisotopic (exact) mass is 363 g/mol. The third kappa shape index (κ3) is 3.28. The third-order valence-corrected chi connectivity index (χ3v) is 4.16. The number of benzene rings is 1. The van der Waals surface area contributed by atoms with Gasteiger partial charge in [0.1, 0.15) is 28.9 Å². The molecule has 0 saturated carbocycles. The molecule has 0 spiro atoms. The summed E-state index contributed by atoms with van der Waals surface area (Å²) >= 11 is 6.30. The van der Waals surface area contributed by atoms with E-state index in [1.54, 1.807) is 20.8 Å². The number of ether oxygens (including phenoxy) is 1. The van der Waals surface area contributed by atoms with E-state index in [-0.39, 0.29) is 23.1 Å². The van der Waals surface area contributed by atoms with Gasteiger partial charge in [-0.1, -0.05) is 16.8 Å². The fraction of sp³-hybridized carbons (Fsp3) is 0.235. The number of rotatable bonds is 4. The van der Waals surface area contributed by atoms with E-state index in [0.717, 1.165) is 0 Å². The quantitative estimate of drug-likeness (QED) is 0.657. The molecule has 6 nitrogen and oxygen atoms in total. The van der Waals surface area contributed by atoms with E-state index >= 15 is 0 Å². The van der Waals surface area contributed by atoms with Crippen LogP contribution in [0.2, 0.25) is 5.15 Å². The Kier molecular flexibility index (Phi) is 4.59. The Hall–Kier alpha value is -2.67. The van der Waals surface area contributed by atoms with E-state index in [9.17, 15) is 9.18 Å². The third-order valence-electron chi connectivity index (χ3n) is 3.81. The number of hydrogen-bond acceptors (Lipinski definition) is 5. The van der Waals surface area contributed by atoms with Crippen LogP contribution in [-0.4, -0.2) is 20.9 Å². The number of carbonyl (C=O) groups is 1. The van der Waals surface area contributed by atoms with E-state index in [2.05, 4.69) is 10.3 Å². The largest absolute Gasteiger partial charge is 0.457 e. The second-order valence-corrected chi connectivity index (χ2v) is 5.88. The van der Waals surface area contributed by atoms with Gasteiger partial charge < -0.3 is 9.26 Å². The van der Waals surface area contributed by atoms with Crippen LogP contribution >= 0.6 is 11.6 Å². The lowest BCUT2D eigenvalue weighted by atomic mass is 10.2. The highest BCUT2D eigenvalue weighted by atomic mass is 35.5. The highest BCUT2D eigenvalue weighted by Gasteiger charge is 2.23. The molecule has 0 amide bonds. The fourth-order valence-corrected chi connectivity index (χ4v) is 2.75. The molecule has 0 aliphatic carbocycles. The predicted molar refractivity (Wildman–Crippen MR) is 88.4 cm³/mol. The molecule has 8 heteroatoms. The minimum atomic E-state index is -0.601. The Morgan fingerprint density at radius 1 is 1.24 bits per heavy atom. The Morgan fingerprint density at radius 3 is 2.52 bits per heavy atom. The SMILES string of the molecule is Cc1noc(C)c1COC(=O)c1c(C)nn(-c2ccc(F)cc2)c1Cl. The standard InChI is InChI=1S/C17H15ClFN3O3/c1-9-14(11(3)25-21-9)8-24-17(23)15-10(2)20-22(16(15)18)13-6-4-12(19)5-7-13/h4-7H,8H2,1-3H3. The normalized spacial score (nSPS) is 10.9. The van der Waals surface area contributed by atoms with Crippen molar-refractivity contribution in [1.29, 1.82) is 0 Å². The van der Waals surface area contributed by atoms with Gasteiger partial charge in [-0.2, -0.15) is 5.10 Å². The molecule has 0 bridgehead atoms. The molecule has 0 unspecified atom stereocenters. The van der Waals surface area contributed by atoms with E-state index in [4.69, 9.17) is 20.9 Å². The summed E-state index contributed by atoms with van der Waals surface area (Å²) in [5, 5.41) is 8.16.